The Morgan fingerprint density at radius 2 is 2.14 bits per heavy atom. The number of hydrogen-bond acceptors (Lipinski definition) is 4. The number of aliphatic carboxylic acids is 1. The Morgan fingerprint density at radius 3 is 2.71 bits per heavy atom. The van der Waals surface area contributed by atoms with Crippen molar-refractivity contribution in [2.45, 2.75) is 19.4 Å². The van der Waals surface area contributed by atoms with Crippen molar-refractivity contribution in [1.29, 1.82) is 0 Å². The van der Waals surface area contributed by atoms with Gasteiger partial charge in [-0.15, -0.1) is 0 Å². The highest BCUT2D eigenvalue weighted by Crippen LogP contribution is 2.08. The largest absolute Gasteiger partial charge is 0.480 e. The van der Waals surface area contributed by atoms with Crippen LogP contribution >= 0.6 is 0 Å². The van der Waals surface area contributed by atoms with Crippen molar-refractivity contribution in [3.05, 3.63) is 0 Å². The number of carboxylic acids is 1. The fraction of sp³-hybridized carbons (Fsp3) is 0.667. The quantitative estimate of drug-likeness (QED) is 0.568. The second kappa shape index (κ2) is 7.46. The third kappa shape index (κ3) is 4.62. The molecule has 0 saturated carbocycles. The average molecular weight is 300 g/mol. The number of urea groups is 1. The normalized spacial score (nSPS) is 17.9. The summed E-state index contributed by atoms with van der Waals surface area (Å²) in [4.78, 5) is 48.3. The zero-order chi connectivity index (χ0) is 16.0. The standard InChI is InChI=1S/C12H20N4O5/c1-3-4-13-9(17)6-15(2)12(21)16-7-10(18)14-5-8(16)11(19)20/h8H,3-7H2,1-2H3,(H,13,17)(H,14,18)(H,19,20). The monoisotopic (exact) mass is 300 g/mol. The van der Waals surface area contributed by atoms with Crippen LogP contribution in [0.1, 0.15) is 13.3 Å². The molecule has 0 radical (unpaired) electrons. The van der Waals surface area contributed by atoms with E-state index in [1.54, 1.807) is 0 Å². The average Bonchev–Trinajstić information content (AvgIpc) is 2.43. The van der Waals surface area contributed by atoms with E-state index < -0.39 is 23.9 Å². The van der Waals surface area contributed by atoms with Gasteiger partial charge in [0.05, 0.1) is 0 Å². The summed E-state index contributed by atoms with van der Waals surface area (Å²) in [6.07, 6.45) is 0.775. The van der Waals surface area contributed by atoms with Crippen molar-refractivity contribution < 1.29 is 24.3 Å². The molecule has 1 atom stereocenters. The van der Waals surface area contributed by atoms with Crippen LogP contribution < -0.4 is 10.6 Å². The van der Waals surface area contributed by atoms with Crippen LogP contribution in [0.2, 0.25) is 0 Å². The highest BCUT2D eigenvalue weighted by molar-refractivity contribution is 5.92. The second-order valence-corrected chi connectivity index (χ2v) is 4.77. The minimum Gasteiger partial charge on any atom is -0.480 e. The molecule has 3 N–H and O–H groups in total. The molecule has 1 aliphatic rings. The second-order valence-electron chi connectivity index (χ2n) is 4.77. The zero-order valence-corrected chi connectivity index (χ0v) is 12.1. The Kier molecular flexibility index (Phi) is 5.94. The number of nitrogens with zero attached hydrogens (tertiary/aromatic N) is 2. The van der Waals surface area contributed by atoms with E-state index in [4.69, 9.17) is 5.11 Å². The number of amides is 4. The summed E-state index contributed by atoms with van der Waals surface area (Å²) in [7, 11) is 1.39. The molecule has 0 aliphatic carbocycles. The van der Waals surface area contributed by atoms with Gasteiger partial charge in [-0.2, -0.15) is 0 Å². The molecule has 1 saturated heterocycles. The van der Waals surface area contributed by atoms with Crippen LogP contribution in [0, 0.1) is 0 Å². The number of carbonyl (C=O) groups is 4. The maximum Gasteiger partial charge on any atom is 0.328 e. The molecule has 21 heavy (non-hydrogen) atoms. The Balaban J connectivity index is 2.67. The summed E-state index contributed by atoms with van der Waals surface area (Å²) in [6.45, 7) is 1.74. The van der Waals surface area contributed by atoms with Crippen molar-refractivity contribution in [3.8, 4) is 0 Å². The predicted molar refractivity (Wildman–Crippen MR) is 72.5 cm³/mol. The molecule has 1 aliphatic heterocycles. The lowest BCUT2D eigenvalue weighted by Crippen LogP contribution is -2.61. The summed E-state index contributed by atoms with van der Waals surface area (Å²) in [6, 6.07) is -1.79. The van der Waals surface area contributed by atoms with Gasteiger partial charge in [0.2, 0.25) is 11.8 Å². The van der Waals surface area contributed by atoms with Crippen molar-refractivity contribution in [3.63, 3.8) is 0 Å². The van der Waals surface area contributed by atoms with E-state index in [9.17, 15) is 19.2 Å². The fourth-order valence-corrected chi connectivity index (χ4v) is 1.89. The van der Waals surface area contributed by atoms with Crippen molar-refractivity contribution in [1.82, 2.24) is 20.4 Å². The van der Waals surface area contributed by atoms with Crippen LogP contribution in [0.4, 0.5) is 4.79 Å². The Morgan fingerprint density at radius 1 is 1.48 bits per heavy atom. The Bertz CT molecular complexity index is 439. The molecule has 1 fully saturated rings. The van der Waals surface area contributed by atoms with E-state index in [1.165, 1.54) is 7.05 Å². The molecule has 118 valence electrons. The Labute approximate surface area is 122 Å². The smallest absolute Gasteiger partial charge is 0.328 e. The molecule has 0 aromatic rings. The van der Waals surface area contributed by atoms with Gasteiger partial charge in [0, 0.05) is 20.1 Å². The predicted octanol–water partition coefficient (Wildman–Crippen LogP) is -1.55. The molecule has 0 aromatic carbocycles. The first-order valence-corrected chi connectivity index (χ1v) is 6.64. The third-order valence-electron chi connectivity index (χ3n) is 2.99. The number of hydrogen-bond donors (Lipinski definition) is 3. The van der Waals surface area contributed by atoms with E-state index in [-0.39, 0.29) is 25.5 Å². The number of nitrogens with one attached hydrogen (secondary N) is 2. The molecular weight excluding hydrogens is 280 g/mol. The highest BCUT2D eigenvalue weighted by Gasteiger charge is 2.36. The molecule has 4 amide bonds. The van der Waals surface area contributed by atoms with Gasteiger partial charge in [-0.25, -0.2) is 9.59 Å². The SMILES string of the molecule is CCCNC(=O)CN(C)C(=O)N1CC(=O)NCC1C(=O)O. The summed E-state index contributed by atoms with van der Waals surface area (Å²) in [5.74, 6) is -1.96. The molecule has 1 unspecified atom stereocenters. The van der Waals surface area contributed by atoms with Crippen LogP contribution in [0.25, 0.3) is 0 Å². The van der Waals surface area contributed by atoms with Crippen LogP contribution in [-0.4, -0.2) is 78.0 Å². The number of piperazine rings is 1. The van der Waals surface area contributed by atoms with Gasteiger partial charge in [-0.1, -0.05) is 6.92 Å². The van der Waals surface area contributed by atoms with E-state index in [0.29, 0.717) is 6.54 Å². The number of likely N-dealkylation sites (N-methyl/N-ethyl adjacent to an activating group) is 1. The third-order valence-corrected chi connectivity index (χ3v) is 2.99. The number of carbonyl (C=O) groups excluding carboxylic acids is 3. The molecule has 0 aromatic heterocycles. The molecule has 1 heterocycles. The lowest BCUT2D eigenvalue weighted by Gasteiger charge is -2.35. The molecule has 9 heteroatoms. The maximum atomic E-state index is 12.2. The summed E-state index contributed by atoms with van der Waals surface area (Å²) >= 11 is 0. The van der Waals surface area contributed by atoms with E-state index in [1.807, 2.05) is 6.92 Å². The van der Waals surface area contributed by atoms with Gasteiger partial charge in [-0.05, 0) is 6.42 Å². The van der Waals surface area contributed by atoms with Gasteiger partial charge in [0.25, 0.3) is 0 Å². The summed E-state index contributed by atoms with van der Waals surface area (Å²) in [5.41, 5.74) is 0. The molecule has 0 bridgehead atoms. The number of rotatable bonds is 5. The lowest BCUT2D eigenvalue weighted by atomic mass is 10.2. The van der Waals surface area contributed by atoms with Crippen LogP contribution in [0.5, 0.6) is 0 Å². The van der Waals surface area contributed by atoms with Crippen molar-refractivity contribution in [2.75, 3.05) is 33.2 Å². The van der Waals surface area contributed by atoms with Gasteiger partial charge >= 0.3 is 12.0 Å². The first-order valence-electron chi connectivity index (χ1n) is 6.64. The fourth-order valence-electron chi connectivity index (χ4n) is 1.89. The first-order chi connectivity index (χ1) is 9.86. The van der Waals surface area contributed by atoms with Gasteiger partial charge in [-0.3, -0.25) is 14.5 Å². The van der Waals surface area contributed by atoms with Crippen LogP contribution in [0.3, 0.4) is 0 Å². The van der Waals surface area contributed by atoms with Crippen molar-refractivity contribution >= 4 is 23.8 Å². The van der Waals surface area contributed by atoms with Crippen LogP contribution in [-0.2, 0) is 14.4 Å². The van der Waals surface area contributed by atoms with Crippen LogP contribution in [0.15, 0.2) is 0 Å². The lowest BCUT2D eigenvalue weighted by molar-refractivity contribution is -0.144. The molecule has 1 rings (SSSR count). The van der Waals surface area contributed by atoms with Gasteiger partial charge in [0.1, 0.15) is 19.1 Å². The molecule has 9 nitrogen and oxygen atoms in total. The minimum atomic E-state index is -1.20. The first kappa shape index (κ1) is 16.7. The van der Waals surface area contributed by atoms with Gasteiger partial charge < -0.3 is 20.6 Å². The van der Waals surface area contributed by atoms with E-state index in [2.05, 4.69) is 10.6 Å². The Hall–Kier alpha value is -2.32. The van der Waals surface area contributed by atoms with Crippen molar-refractivity contribution in [2.24, 2.45) is 0 Å². The maximum absolute atomic E-state index is 12.2. The zero-order valence-electron chi connectivity index (χ0n) is 12.1. The topological polar surface area (TPSA) is 119 Å². The minimum absolute atomic E-state index is 0.143. The number of carboxylic acid groups (broad SMARTS) is 1. The summed E-state index contributed by atoms with van der Waals surface area (Å²) < 4.78 is 0. The van der Waals surface area contributed by atoms with E-state index >= 15 is 0 Å². The highest BCUT2D eigenvalue weighted by atomic mass is 16.4. The van der Waals surface area contributed by atoms with Gasteiger partial charge in [0.15, 0.2) is 0 Å². The molecule has 0 spiro atoms. The van der Waals surface area contributed by atoms with E-state index in [0.717, 1.165) is 16.2 Å². The summed E-state index contributed by atoms with van der Waals surface area (Å²) in [5, 5.41) is 14.1. The molecular formula is C12H20N4O5.